The summed E-state index contributed by atoms with van der Waals surface area (Å²) in [5.74, 6) is -0.490. The molecule has 0 fully saturated rings. The first-order chi connectivity index (χ1) is 11.0. The number of hydrogen-bond donors (Lipinski definition) is 1. The van der Waals surface area contributed by atoms with Crippen molar-refractivity contribution in [3.8, 4) is 10.6 Å². The van der Waals surface area contributed by atoms with Crippen LogP contribution in [0.25, 0.3) is 10.6 Å². The summed E-state index contributed by atoms with van der Waals surface area (Å²) in [5, 5.41) is 7.74. The van der Waals surface area contributed by atoms with E-state index < -0.39 is 0 Å². The zero-order chi connectivity index (χ0) is 16.4. The molecule has 0 radical (unpaired) electrons. The number of benzene rings is 1. The molecular formula is C17H15FN2OS2. The van der Waals surface area contributed by atoms with Gasteiger partial charge in [0.25, 0.3) is 5.91 Å². The quantitative estimate of drug-likeness (QED) is 0.736. The van der Waals surface area contributed by atoms with Crippen LogP contribution in [0.5, 0.6) is 0 Å². The van der Waals surface area contributed by atoms with Crippen molar-refractivity contribution in [3.63, 3.8) is 0 Å². The smallest absolute Gasteiger partial charge is 0.263 e. The topological polar surface area (TPSA) is 42.0 Å². The van der Waals surface area contributed by atoms with Crippen LogP contribution in [0.2, 0.25) is 0 Å². The first-order valence-corrected chi connectivity index (χ1v) is 8.87. The van der Waals surface area contributed by atoms with E-state index in [4.69, 9.17) is 0 Å². The van der Waals surface area contributed by atoms with Gasteiger partial charge in [0.1, 0.15) is 15.7 Å². The van der Waals surface area contributed by atoms with E-state index in [9.17, 15) is 9.18 Å². The van der Waals surface area contributed by atoms with Gasteiger partial charge >= 0.3 is 0 Å². The maximum absolute atomic E-state index is 13.3. The van der Waals surface area contributed by atoms with Crippen LogP contribution in [0.3, 0.4) is 0 Å². The summed E-state index contributed by atoms with van der Waals surface area (Å²) in [6.07, 6.45) is 0. The molecule has 0 aliphatic heterocycles. The third-order valence-corrected chi connectivity index (χ3v) is 5.36. The van der Waals surface area contributed by atoms with Crippen LogP contribution in [-0.4, -0.2) is 10.9 Å². The van der Waals surface area contributed by atoms with E-state index in [1.165, 1.54) is 23.5 Å². The Labute approximate surface area is 141 Å². The molecule has 0 bridgehead atoms. The van der Waals surface area contributed by atoms with Crippen molar-refractivity contribution in [1.29, 1.82) is 0 Å². The number of amides is 1. The third-order valence-electron chi connectivity index (χ3n) is 3.47. The highest BCUT2D eigenvalue weighted by molar-refractivity contribution is 7.17. The number of carbonyl (C=O) groups excluding carboxylic acids is 1. The molecule has 0 saturated carbocycles. The average molecular weight is 346 g/mol. The second-order valence-corrected chi connectivity index (χ2v) is 6.97. The van der Waals surface area contributed by atoms with Crippen LogP contribution in [0.1, 0.15) is 33.9 Å². The summed E-state index contributed by atoms with van der Waals surface area (Å²) >= 11 is 2.97. The predicted molar refractivity (Wildman–Crippen MR) is 92.4 cm³/mol. The van der Waals surface area contributed by atoms with Gasteiger partial charge in [-0.05, 0) is 43.0 Å². The van der Waals surface area contributed by atoms with E-state index in [1.807, 2.05) is 30.7 Å². The molecule has 0 aliphatic carbocycles. The Kier molecular flexibility index (Phi) is 4.54. The van der Waals surface area contributed by atoms with Gasteiger partial charge in [-0.15, -0.1) is 11.3 Å². The number of thiophene rings is 1. The fourth-order valence-electron chi connectivity index (χ4n) is 2.24. The zero-order valence-corrected chi connectivity index (χ0v) is 14.3. The number of aromatic nitrogens is 1. The number of nitrogens with one attached hydrogen (secondary N) is 1. The van der Waals surface area contributed by atoms with Gasteiger partial charge in [0.05, 0.1) is 11.7 Å². The zero-order valence-electron chi connectivity index (χ0n) is 12.7. The molecule has 1 unspecified atom stereocenters. The number of carbonyl (C=O) groups is 1. The molecule has 2 aromatic heterocycles. The summed E-state index contributed by atoms with van der Waals surface area (Å²) in [6, 6.07) is 7.97. The number of aryl methyl sites for hydroxylation is 1. The fourth-order valence-corrected chi connectivity index (χ4v) is 3.92. The van der Waals surface area contributed by atoms with Gasteiger partial charge in [-0.2, -0.15) is 11.3 Å². The molecule has 3 nitrogen and oxygen atoms in total. The first-order valence-electron chi connectivity index (χ1n) is 7.11. The summed E-state index contributed by atoms with van der Waals surface area (Å²) in [5.41, 5.74) is 2.47. The second kappa shape index (κ2) is 6.60. The lowest BCUT2D eigenvalue weighted by Crippen LogP contribution is -2.26. The molecule has 2 heterocycles. The van der Waals surface area contributed by atoms with Crippen molar-refractivity contribution in [2.75, 3.05) is 0 Å². The van der Waals surface area contributed by atoms with Crippen LogP contribution in [0.4, 0.5) is 4.39 Å². The maximum atomic E-state index is 13.3. The van der Waals surface area contributed by atoms with E-state index in [-0.39, 0.29) is 17.8 Å². The molecule has 0 saturated heterocycles. The van der Waals surface area contributed by atoms with Crippen molar-refractivity contribution < 1.29 is 9.18 Å². The minimum absolute atomic E-state index is 0.182. The Morgan fingerprint density at radius 2 is 2.17 bits per heavy atom. The van der Waals surface area contributed by atoms with E-state index >= 15 is 0 Å². The Balaban J connectivity index is 1.78. The van der Waals surface area contributed by atoms with Crippen LogP contribution in [-0.2, 0) is 0 Å². The summed E-state index contributed by atoms with van der Waals surface area (Å²) in [6.45, 7) is 3.66. The standard InChI is InChI=1S/C17H15FN2OS2/c1-10(12-4-3-5-14(18)8-12)19-16(21)15-11(2)20-17(23-15)13-6-7-22-9-13/h3-10H,1-2H3,(H,19,21). The fraction of sp³-hybridized carbons (Fsp3) is 0.176. The molecule has 1 aromatic carbocycles. The summed E-state index contributed by atoms with van der Waals surface area (Å²) in [4.78, 5) is 17.6. The van der Waals surface area contributed by atoms with Crippen molar-refractivity contribution in [2.45, 2.75) is 19.9 Å². The molecule has 3 aromatic rings. The minimum Gasteiger partial charge on any atom is -0.345 e. The highest BCUT2D eigenvalue weighted by atomic mass is 32.1. The molecule has 118 valence electrons. The van der Waals surface area contributed by atoms with E-state index in [0.717, 1.165) is 16.1 Å². The van der Waals surface area contributed by atoms with E-state index in [0.29, 0.717) is 10.6 Å². The van der Waals surface area contributed by atoms with Crippen LogP contribution >= 0.6 is 22.7 Å². The molecule has 0 aliphatic rings. The van der Waals surface area contributed by atoms with Crippen molar-refractivity contribution in [3.05, 3.63) is 63.0 Å². The molecule has 6 heteroatoms. The lowest BCUT2D eigenvalue weighted by molar-refractivity contribution is 0.0943. The third kappa shape index (κ3) is 3.48. The average Bonchev–Trinajstić information content (AvgIpc) is 3.16. The number of thiazole rings is 1. The second-order valence-electron chi connectivity index (χ2n) is 5.20. The minimum atomic E-state index is -0.308. The molecule has 1 atom stereocenters. The molecule has 1 amide bonds. The van der Waals surface area contributed by atoms with Gasteiger partial charge in [-0.25, -0.2) is 9.37 Å². The van der Waals surface area contributed by atoms with Gasteiger partial charge in [-0.3, -0.25) is 4.79 Å². The monoisotopic (exact) mass is 346 g/mol. The van der Waals surface area contributed by atoms with Gasteiger partial charge < -0.3 is 5.32 Å². The molecule has 3 rings (SSSR count). The highest BCUT2D eigenvalue weighted by Gasteiger charge is 2.18. The van der Waals surface area contributed by atoms with Crippen molar-refractivity contribution >= 4 is 28.6 Å². The van der Waals surface area contributed by atoms with Gasteiger partial charge in [0, 0.05) is 10.9 Å². The Morgan fingerprint density at radius 3 is 2.87 bits per heavy atom. The van der Waals surface area contributed by atoms with Gasteiger partial charge in [0.2, 0.25) is 0 Å². The molecular weight excluding hydrogens is 331 g/mol. The number of hydrogen-bond acceptors (Lipinski definition) is 4. The van der Waals surface area contributed by atoms with Crippen LogP contribution < -0.4 is 5.32 Å². The molecule has 1 N–H and O–H groups in total. The number of nitrogens with zero attached hydrogens (tertiary/aromatic N) is 1. The predicted octanol–water partition coefficient (Wildman–Crippen LogP) is 4.81. The molecule has 0 spiro atoms. The lowest BCUT2D eigenvalue weighted by atomic mass is 10.1. The van der Waals surface area contributed by atoms with E-state index in [2.05, 4.69) is 10.3 Å². The number of halogens is 1. The Bertz CT molecular complexity index is 827. The van der Waals surface area contributed by atoms with Gasteiger partial charge in [0.15, 0.2) is 0 Å². The summed E-state index contributed by atoms with van der Waals surface area (Å²) in [7, 11) is 0. The number of rotatable bonds is 4. The lowest BCUT2D eigenvalue weighted by Gasteiger charge is -2.13. The van der Waals surface area contributed by atoms with Gasteiger partial charge in [-0.1, -0.05) is 12.1 Å². The largest absolute Gasteiger partial charge is 0.345 e. The Hall–Kier alpha value is -2.05. The molecule has 23 heavy (non-hydrogen) atoms. The van der Waals surface area contributed by atoms with Crippen LogP contribution in [0, 0.1) is 12.7 Å². The summed E-state index contributed by atoms with van der Waals surface area (Å²) < 4.78 is 13.3. The highest BCUT2D eigenvalue weighted by Crippen LogP contribution is 2.29. The SMILES string of the molecule is Cc1nc(-c2ccsc2)sc1C(=O)NC(C)c1cccc(F)c1. The van der Waals surface area contributed by atoms with E-state index in [1.54, 1.807) is 23.5 Å². The van der Waals surface area contributed by atoms with Crippen molar-refractivity contribution in [1.82, 2.24) is 10.3 Å². The van der Waals surface area contributed by atoms with Crippen LogP contribution in [0.15, 0.2) is 41.1 Å². The van der Waals surface area contributed by atoms with Crippen molar-refractivity contribution in [2.24, 2.45) is 0 Å². The first kappa shape index (κ1) is 15.8. The normalized spacial score (nSPS) is 12.1. The Morgan fingerprint density at radius 1 is 1.35 bits per heavy atom. The maximum Gasteiger partial charge on any atom is 0.263 e.